The molecular formula is C18H6N6O2. The van der Waals surface area contributed by atoms with Crippen molar-refractivity contribution in [2.45, 2.75) is 0 Å². The van der Waals surface area contributed by atoms with Crippen LogP contribution in [0.3, 0.4) is 0 Å². The van der Waals surface area contributed by atoms with Gasteiger partial charge >= 0.3 is 0 Å². The number of hydrogen-bond acceptors (Lipinski definition) is 8. The molecule has 2 aliphatic heterocycles. The van der Waals surface area contributed by atoms with Crippen LogP contribution in [0.5, 0.6) is 11.5 Å². The molecule has 2 aromatic carbocycles. The maximum Gasteiger partial charge on any atom is 0.226 e. The summed E-state index contributed by atoms with van der Waals surface area (Å²) in [6.07, 6.45) is 0. The minimum absolute atomic E-state index is 0.0973. The second-order valence-corrected chi connectivity index (χ2v) is 5.35. The predicted octanol–water partition coefficient (Wildman–Crippen LogP) is 2.97. The molecule has 0 aliphatic carbocycles. The Hall–Kier alpha value is -4.66. The standard InChI is InChI=1S/C18H6N6O2/c19-5-11(6-20)17-23-13-1-9-3-16-14(2-10(9)4-15(13)25-17)24-18(26-16)12(7-21)8-22/h1-4,23-24H. The molecule has 2 aromatic rings. The molecule has 8 nitrogen and oxygen atoms in total. The molecule has 8 heteroatoms. The molecule has 0 saturated carbocycles. The van der Waals surface area contributed by atoms with Gasteiger partial charge in [0.05, 0.1) is 11.4 Å². The molecule has 0 aromatic heterocycles. The average molecular weight is 338 g/mol. The number of fused-ring (bicyclic) bond motifs is 3. The van der Waals surface area contributed by atoms with E-state index in [9.17, 15) is 0 Å². The SMILES string of the molecule is N#CC(C#N)=C1Nc2cc3cc4c(cc3cc2O1)NC(=C(C#N)C#N)O4. The summed E-state index contributed by atoms with van der Waals surface area (Å²) in [7, 11) is 0. The van der Waals surface area contributed by atoms with Crippen molar-refractivity contribution >= 4 is 22.1 Å². The highest BCUT2D eigenvalue weighted by atomic mass is 16.5. The number of allylic oxidation sites excluding steroid dienone is 2. The molecule has 0 saturated heterocycles. The smallest absolute Gasteiger partial charge is 0.226 e. The highest BCUT2D eigenvalue weighted by Crippen LogP contribution is 2.43. The minimum Gasteiger partial charge on any atom is -0.437 e. The van der Waals surface area contributed by atoms with E-state index in [0.29, 0.717) is 22.9 Å². The largest absolute Gasteiger partial charge is 0.437 e. The first kappa shape index (κ1) is 14.9. The lowest BCUT2D eigenvalue weighted by Gasteiger charge is -2.03. The third-order valence-electron chi connectivity index (χ3n) is 3.86. The normalized spacial score (nSPS) is 12.8. The number of anilines is 2. The van der Waals surface area contributed by atoms with Crippen molar-refractivity contribution in [3.05, 3.63) is 47.2 Å². The summed E-state index contributed by atoms with van der Waals surface area (Å²) in [6, 6.07) is 14.2. The Morgan fingerprint density at radius 3 is 1.38 bits per heavy atom. The zero-order chi connectivity index (χ0) is 18.3. The molecule has 0 fully saturated rings. The molecule has 26 heavy (non-hydrogen) atoms. The Kier molecular flexibility index (Phi) is 3.13. The number of benzene rings is 2. The second kappa shape index (κ2) is 5.46. The quantitative estimate of drug-likeness (QED) is 0.699. The minimum atomic E-state index is -0.145. The molecule has 0 spiro atoms. The lowest BCUT2D eigenvalue weighted by Crippen LogP contribution is -2.00. The number of ether oxygens (including phenoxy) is 2. The van der Waals surface area contributed by atoms with E-state index in [1.165, 1.54) is 0 Å². The van der Waals surface area contributed by atoms with Gasteiger partial charge in [0, 0.05) is 0 Å². The summed E-state index contributed by atoms with van der Waals surface area (Å²) in [5.41, 5.74) is 0.944. The molecule has 0 unspecified atom stereocenters. The van der Waals surface area contributed by atoms with Gasteiger partial charge in [-0.1, -0.05) is 0 Å². The fourth-order valence-corrected chi connectivity index (χ4v) is 2.67. The summed E-state index contributed by atoms with van der Waals surface area (Å²) >= 11 is 0. The zero-order valence-corrected chi connectivity index (χ0v) is 12.9. The monoisotopic (exact) mass is 338 g/mol. The van der Waals surface area contributed by atoms with Crippen LogP contribution < -0.4 is 20.1 Å². The fraction of sp³-hybridized carbons (Fsp3) is 0. The van der Waals surface area contributed by atoms with E-state index in [-0.39, 0.29) is 22.9 Å². The number of rotatable bonds is 0. The highest BCUT2D eigenvalue weighted by Gasteiger charge is 2.24. The molecule has 4 rings (SSSR count). The van der Waals surface area contributed by atoms with E-state index < -0.39 is 0 Å². The topological polar surface area (TPSA) is 138 Å². The van der Waals surface area contributed by atoms with Crippen molar-refractivity contribution in [1.82, 2.24) is 0 Å². The van der Waals surface area contributed by atoms with Gasteiger partial charge in [-0.2, -0.15) is 21.0 Å². The van der Waals surface area contributed by atoms with Gasteiger partial charge in [0.15, 0.2) is 22.6 Å². The summed E-state index contributed by atoms with van der Waals surface area (Å²) in [5, 5.41) is 43.2. The third kappa shape index (κ3) is 2.12. The average Bonchev–Trinajstić information content (AvgIpc) is 3.23. The Labute approximate surface area is 147 Å². The molecule has 120 valence electrons. The van der Waals surface area contributed by atoms with Gasteiger partial charge in [0.2, 0.25) is 11.8 Å². The molecule has 0 bridgehead atoms. The zero-order valence-electron chi connectivity index (χ0n) is 12.9. The van der Waals surface area contributed by atoms with Crippen molar-refractivity contribution in [3.63, 3.8) is 0 Å². The molecule has 2 heterocycles. The van der Waals surface area contributed by atoms with Crippen LogP contribution in [0, 0.1) is 45.3 Å². The van der Waals surface area contributed by atoms with Crippen molar-refractivity contribution in [2.75, 3.05) is 10.6 Å². The molecule has 0 radical (unpaired) electrons. The van der Waals surface area contributed by atoms with Gasteiger partial charge in [-0.3, -0.25) is 0 Å². The molecule has 2 N–H and O–H groups in total. The molecule has 0 atom stereocenters. The van der Waals surface area contributed by atoms with Crippen LogP contribution in [-0.2, 0) is 0 Å². The Balaban J connectivity index is 1.79. The Morgan fingerprint density at radius 2 is 1.04 bits per heavy atom. The van der Waals surface area contributed by atoms with Crippen molar-refractivity contribution in [2.24, 2.45) is 0 Å². The maximum atomic E-state index is 8.95. The van der Waals surface area contributed by atoms with Crippen LogP contribution in [-0.4, -0.2) is 0 Å². The maximum absolute atomic E-state index is 8.95. The van der Waals surface area contributed by atoms with Crippen LogP contribution in [0.2, 0.25) is 0 Å². The Bertz CT molecular complexity index is 1040. The summed E-state index contributed by atoms with van der Waals surface area (Å²) in [5.74, 6) is 1.17. The first-order valence-corrected chi connectivity index (χ1v) is 7.27. The van der Waals surface area contributed by atoms with Gasteiger partial charge in [-0.25, -0.2) is 0 Å². The number of nitrogens with one attached hydrogen (secondary N) is 2. The van der Waals surface area contributed by atoms with E-state index >= 15 is 0 Å². The number of nitrogens with zero attached hydrogens (tertiary/aromatic N) is 4. The fourth-order valence-electron chi connectivity index (χ4n) is 2.67. The first-order chi connectivity index (χ1) is 12.7. The summed E-state index contributed by atoms with van der Waals surface area (Å²) < 4.78 is 11.1. The summed E-state index contributed by atoms with van der Waals surface area (Å²) in [6.45, 7) is 0. The molecular weight excluding hydrogens is 332 g/mol. The molecule has 2 aliphatic rings. The third-order valence-corrected chi connectivity index (χ3v) is 3.86. The van der Waals surface area contributed by atoms with E-state index in [2.05, 4.69) is 10.6 Å². The van der Waals surface area contributed by atoms with Crippen LogP contribution in [0.4, 0.5) is 11.4 Å². The lowest BCUT2D eigenvalue weighted by molar-refractivity contribution is 0.454. The first-order valence-electron chi connectivity index (χ1n) is 7.27. The Morgan fingerprint density at radius 1 is 0.654 bits per heavy atom. The molecule has 0 amide bonds. The van der Waals surface area contributed by atoms with Crippen LogP contribution >= 0.6 is 0 Å². The van der Waals surface area contributed by atoms with E-state index in [4.69, 9.17) is 30.5 Å². The summed E-state index contributed by atoms with van der Waals surface area (Å²) in [4.78, 5) is 0. The van der Waals surface area contributed by atoms with Gasteiger partial charge in [-0.15, -0.1) is 0 Å². The van der Waals surface area contributed by atoms with Crippen LogP contribution in [0.15, 0.2) is 47.2 Å². The number of hydrogen-bond donors (Lipinski definition) is 2. The highest BCUT2D eigenvalue weighted by molar-refractivity contribution is 5.95. The van der Waals surface area contributed by atoms with Gasteiger partial charge in [0.25, 0.3) is 0 Å². The predicted molar refractivity (Wildman–Crippen MR) is 89.0 cm³/mol. The number of nitriles is 4. The van der Waals surface area contributed by atoms with E-state index in [1.807, 2.05) is 0 Å². The van der Waals surface area contributed by atoms with Crippen LogP contribution in [0.1, 0.15) is 0 Å². The van der Waals surface area contributed by atoms with Gasteiger partial charge < -0.3 is 20.1 Å². The van der Waals surface area contributed by atoms with Crippen LogP contribution in [0.25, 0.3) is 10.8 Å². The second-order valence-electron chi connectivity index (χ2n) is 5.35. The van der Waals surface area contributed by atoms with Crippen molar-refractivity contribution in [3.8, 4) is 35.8 Å². The van der Waals surface area contributed by atoms with E-state index in [0.717, 1.165) is 10.8 Å². The van der Waals surface area contributed by atoms with E-state index in [1.54, 1.807) is 48.5 Å². The van der Waals surface area contributed by atoms with Gasteiger partial charge in [0.1, 0.15) is 24.3 Å². The van der Waals surface area contributed by atoms with Gasteiger partial charge in [-0.05, 0) is 35.0 Å². The lowest BCUT2D eigenvalue weighted by atomic mass is 10.1. The van der Waals surface area contributed by atoms with Crippen molar-refractivity contribution < 1.29 is 9.47 Å². The van der Waals surface area contributed by atoms with Crippen molar-refractivity contribution in [1.29, 1.82) is 21.0 Å².